The Morgan fingerprint density at radius 2 is 1.94 bits per heavy atom. The summed E-state index contributed by atoms with van der Waals surface area (Å²) in [7, 11) is 0. The van der Waals surface area contributed by atoms with Crippen LogP contribution in [0.25, 0.3) is 0 Å². The predicted octanol–water partition coefficient (Wildman–Crippen LogP) is 4.08. The van der Waals surface area contributed by atoms with Gasteiger partial charge in [-0.05, 0) is 57.2 Å². The molecule has 1 saturated heterocycles. The summed E-state index contributed by atoms with van der Waals surface area (Å²) in [4.78, 5) is 41.4. The second-order valence-corrected chi connectivity index (χ2v) is 10.3. The van der Waals surface area contributed by atoms with Crippen LogP contribution in [-0.2, 0) is 32.2 Å². The first-order valence-electron chi connectivity index (χ1n) is 10.8. The Balaban J connectivity index is 1.61. The Labute approximate surface area is 191 Å². The highest BCUT2D eigenvalue weighted by molar-refractivity contribution is 7.17. The van der Waals surface area contributed by atoms with Crippen molar-refractivity contribution in [1.29, 1.82) is 0 Å². The number of piperidine rings is 1. The van der Waals surface area contributed by atoms with Gasteiger partial charge in [0.05, 0.1) is 5.56 Å². The number of fused-ring (bicyclic) bond motifs is 4. The minimum Gasteiger partial charge on any atom is -0.457 e. The lowest BCUT2D eigenvalue weighted by molar-refractivity contribution is -0.161. The van der Waals surface area contributed by atoms with Crippen molar-refractivity contribution < 1.29 is 23.9 Å². The lowest BCUT2D eigenvalue weighted by Gasteiger charge is -2.37. The SMILES string of the molecule is CC(C)(C)OC(=O)C(=O)Nc1sc2c(c1C(=O)OCc1ccccc1)C1CCCN(C2)C1. The highest BCUT2D eigenvalue weighted by Gasteiger charge is 2.37. The van der Waals surface area contributed by atoms with E-state index in [9.17, 15) is 14.4 Å². The van der Waals surface area contributed by atoms with E-state index in [1.807, 2.05) is 30.3 Å². The molecule has 1 amide bonds. The number of ether oxygens (including phenoxy) is 2. The van der Waals surface area contributed by atoms with Crippen LogP contribution in [0.4, 0.5) is 5.00 Å². The van der Waals surface area contributed by atoms with Gasteiger partial charge in [-0.2, -0.15) is 0 Å². The Hall–Kier alpha value is -2.71. The van der Waals surface area contributed by atoms with E-state index < -0.39 is 23.4 Å². The van der Waals surface area contributed by atoms with Gasteiger partial charge in [-0.25, -0.2) is 9.59 Å². The van der Waals surface area contributed by atoms with E-state index in [1.165, 1.54) is 11.3 Å². The Morgan fingerprint density at radius 1 is 1.19 bits per heavy atom. The third-order valence-corrected chi connectivity index (χ3v) is 6.64. The molecule has 0 spiro atoms. The third kappa shape index (κ3) is 5.02. The number of benzene rings is 1. The van der Waals surface area contributed by atoms with Crippen LogP contribution in [0.1, 0.15) is 65.9 Å². The number of anilines is 1. The van der Waals surface area contributed by atoms with Gasteiger partial charge in [0.1, 0.15) is 17.2 Å². The number of carbonyl (C=O) groups is 3. The van der Waals surface area contributed by atoms with E-state index in [2.05, 4.69) is 10.2 Å². The fraction of sp³-hybridized carbons (Fsp3) is 0.458. The molecule has 2 aromatic rings. The number of hydrogen-bond acceptors (Lipinski definition) is 7. The van der Waals surface area contributed by atoms with Crippen LogP contribution in [0.3, 0.4) is 0 Å². The summed E-state index contributed by atoms with van der Waals surface area (Å²) in [6.07, 6.45) is 2.05. The maximum atomic E-state index is 13.2. The first kappa shape index (κ1) is 22.5. The molecule has 2 aliphatic heterocycles. The lowest BCUT2D eigenvalue weighted by atomic mass is 9.85. The van der Waals surface area contributed by atoms with Gasteiger partial charge >= 0.3 is 17.8 Å². The molecule has 0 saturated carbocycles. The fourth-order valence-corrected chi connectivity index (χ4v) is 5.55. The van der Waals surface area contributed by atoms with Gasteiger partial charge in [-0.1, -0.05) is 30.3 Å². The molecule has 170 valence electrons. The van der Waals surface area contributed by atoms with Gasteiger partial charge in [0.15, 0.2) is 0 Å². The topological polar surface area (TPSA) is 84.9 Å². The van der Waals surface area contributed by atoms with Crippen LogP contribution in [0.15, 0.2) is 30.3 Å². The van der Waals surface area contributed by atoms with Crippen LogP contribution in [0, 0.1) is 0 Å². The number of nitrogens with zero attached hydrogens (tertiary/aromatic N) is 1. The van der Waals surface area contributed by atoms with Crippen molar-refractivity contribution in [1.82, 2.24) is 4.90 Å². The zero-order valence-corrected chi connectivity index (χ0v) is 19.4. The quantitative estimate of drug-likeness (QED) is 0.551. The van der Waals surface area contributed by atoms with Gasteiger partial charge in [0.25, 0.3) is 0 Å². The fourth-order valence-electron chi connectivity index (χ4n) is 4.24. The Kier molecular flexibility index (Phi) is 6.35. The molecule has 4 rings (SSSR count). The van der Waals surface area contributed by atoms with Crippen LogP contribution in [0.5, 0.6) is 0 Å². The van der Waals surface area contributed by atoms with Gasteiger partial charge in [-0.15, -0.1) is 11.3 Å². The number of amides is 1. The number of hydrogen-bond donors (Lipinski definition) is 1. The summed E-state index contributed by atoms with van der Waals surface area (Å²) in [5.74, 6) is -2.13. The standard InChI is InChI=1S/C24H28N2O5S/c1-24(2,3)31-23(29)20(27)25-21-19(22(28)30-14-15-8-5-4-6-9-15)18-16-10-7-11-26(12-16)13-17(18)32-21/h4-6,8-9,16H,7,10-14H2,1-3H3,(H,25,27). The summed E-state index contributed by atoms with van der Waals surface area (Å²) < 4.78 is 10.8. The molecule has 0 aliphatic carbocycles. The normalized spacial score (nSPS) is 19.6. The molecule has 2 atom stereocenters. The van der Waals surface area contributed by atoms with Crippen LogP contribution >= 0.6 is 11.3 Å². The maximum absolute atomic E-state index is 13.2. The maximum Gasteiger partial charge on any atom is 0.397 e. The largest absolute Gasteiger partial charge is 0.457 e. The van der Waals surface area contributed by atoms with E-state index in [0.717, 1.165) is 48.5 Å². The average molecular weight is 457 g/mol. The molecule has 1 fully saturated rings. The molecule has 8 heteroatoms. The summed E-state index contributed by atoms with van der Waals surface area (Å²) >= 11 is 1.35. The van der Waals surface area contributed by atoms with Gasteiger partial charge in [0, 0.05) is 18.0 Å². The lowest BCUT2D eigenvalue weighted by Crippen LogP contribution is -2.38. The van der Waals surface area contributed by atoms with Crippen molar-refractivity contribution in [2.24, 2.45) is 0 Å². The first-order valence-corrected chi connectivity index (χ1v) is 11.7. The minimum atomic E-state index is -0.977. The average Bonchev–Trinajstić information content (AvgIpc) is 3.09. The highest BCUT2D eigenvalue weighted by Crippen LogP contribution is 2.45. The number of thiophene rings is 1. The number of carbonyl (C=O) groups excluding carboxylic acids is 3. The van der Waals surface area contributed by atoms with Gasteiger partial charge < -0.3 is 14.8 Å². The first-order chi connectivity index (χ1) is 15.2. The summed E-state index contributed by atoms with van der Waals surface area (Å²) in [6.45, 7) is 7.89. The molecule has 1 aromatic carbocycles. The van der Waals surface area contributed by atoms with Crippen molar-refractivity contribution >= 4 is 34.2 Å². The summed E-state index contributed by atoms with van der Waals surface area (Å²) in [5.41, 5.74) is 1.44. The zero-order chi connectivity index (χ0) is 22.9. The van der Waals surface area contributed by atoms with Crippen molar-refractivity contribution in [2.75, 3.05) is 18.4 Å². The predicted molar refractivity (Wildman–Crippen MR) is 122 cm³/mol. The van der Waals surface area contributed by atoms with Gasteiger partial charge in [-0.3, -0.25) is 9.69 Å². The molecule has 1 aromatic heterocycles. The Morgan fingerprint density at radius 3 is 2.66 bits per heavy atom. The molecular weight excluding hydrogens is 428 g/mol. The molecule has 2 unspecified atom stereocenters. The summed E-state index contributed by atoms with van der Waals surface area (Å²) in [5, 5.41) is 2.99. The molecule has 3 heterocycles. The molecule has 2 aliphatic rings. The smallest absolute Gasteiger partial charge is 0.397 e. The van der Waals surface area contributed by atoms with E-state index >= 15 is 0 Å². The van der Waals surface area contributed by atoms with Crippen molar-refractivity contribution in [2.45, 2.75) is 58.3 Å². The molecular formula is C24H28N2O5S. The number of nitrogens with one attached hydrogen (secondary N) is 1. The van der Waals surface area contributed by atoms with E-state index in [1.54, 1.807) is 20.8 Å². The molecule has 7 nitrogen and oxygen atoms in total. The number of esters is 2. The van der Waals surface area contributed by atoms with E-state index in [4.69, 9.17) is 9.47 Å². The van der Waals surface area contributed by atoms with Crippen molar-refractivity contribution in [3.63, 3.8) is 0 Å². The van der Waals surface area contributed by atoms with Crippen LogP contribution in [-0.4, -0.2) is 41.4 Å². The van der Waals surface area contributed by atoms with E-state index in [-0.39, 0.29) is 12.5 Å². The van der Waals surface area contributed by atoms with Crippen LogP contribution in [0.2, 0.25) is 0 Å². The highest BCUT2D eigenvalue weighted by atomic mass is 32.1. The second-order valence-electron chi connectivity index (χ2n) is 9.24. The number of rotatable bonds is 4. The molecule has 32 heavy (non-hydrogen) atoms. The zero-order valence-electron chi connectivity index (χ0n) is 18.6. The van der Waals surface area contributed by atoms with E-state index in [0.29, 0.717) is 10.6 Å². The van der Waals surface area contributed by atoms with Crippen molar-refractivity contribution in [3.8, 4) is 0 Å². The second kappa shape index (κ2) is 9.03. The molecule has 0 radical (unpaired) electrons. The van der Waals surface area contributed by atoms with Crippen molar-refractivity contribution in [3.05, 3.63) is 51.9 Å². The molecule has 2 bridgehead atoms. The molecule has 1 N–H and O–H groups in total. The minimum absolute atomic E-state index is 0.139. The van der Waals surface area contributed by atoms with Crippen LogP contribution < -0.4 is 5.32 Å². The summed E-state index contributed by atoms with van der Waals surface area (Å²) in [6, 6.07) is 9.46. The monoisotopic (exact) mass is 456 g/mol. The Bertz CT molecular complexity index is 1030. The van der Waals surface area contributed by atoms with Gasteiger partial charge in [0.2, 0.25) is 0 Å². The third-order valence-electron chi connectivity index (χ3n) is 5.53.